The number of carbonyl (C=O) groups is 2. The maximum atomic E-state index is 13.5. The summed E-state index contributed by atoms with van der Waals surface area (Å²) in [5, 5.41) is 5.72. The minimum atomic E-state index is -0.372. The number of thiophene rings is 1. The summed E-state index contributed by atoms with van der Waals surface area (Å²) in [6.45, 7) is 7.87. The lowest BCUT2D eigenvalue weighted by molar-refractivity contribution is -0.120. The first kappa shape index (κ1) is 22.1. The van der Waals surface area contributed by atoms with Crippen LogP contribution in [0, 0.1) is 6.92 Å². The number of aryl methyl sites for hydroxylation is 1. The van der Waals surface area contributed by atoms with Crippen molar-refractivity contribution in [3.8, 4) is 0 Å². The van der Waals surface area contributed by atoms with E-state index in [1.54, 1.807) is 6.07 Å². The fraction of sp³-hybridized carbons (Fsp3) is 0.200. The highest BCUT2D eigenvalue weighted by Crippen LogP contribution is 2.36. The Morgan fingerprint density at radius 1 is 1.00 bits per heavy atom. The molecule has 164 valence electrons. The Kier molecular flexibility index (Phi) is 6.35. The van der Waals surface area contributed by atoms with Crippen LogP contribution in [0.4, 0.5) is 17.1 Å². The van der Waals surface area contributed by atoms with E-state index in [0.29, 0.717) is 16.3 Å². The maximum Gasteiger partial charge on any atom is 0.282 e. The van der Waals surface area contributed by atoms with Crippen LogP contribution in [0.25, 0.3) is 5.57 Å². The number of amides is 2. The molecule has 0 bridgehead atoms. The van der Waals surface area contributed by atoms with E-state index in [4.69, 9.17) is 11.6 Å². The number of carbonyl (C=O) groups excluding carboxylic acids is 2. The predicted octanol–water partition coefficient (Wildman–Crippen LogP) is 5.95. The zero-order valence-corrected chi connectivity index (χ0v) is 19.8. The van der Waals surface area contributed by atoms with Gasteiger partial charge >= 0.3 is 0 Å². The number of hydrogen-bond donors (Lipinski definition) is 1. The van der Waals surface area contributed by atoms with E-state index in [1.165, 1.54) is 16.2 Å². The molecule has 7 heteroatoms. The molecule has 1 aliphatic heterocycles. The molecular weight excluding hydrogens is 442 g/mol. The second kappa shape index (κ2) is 9.18. The first-order chi connectivity index (χ1) is 15.4. The van der Waals surface area contributed by atoms with Gasteiger partial charge in [0.1, 0.15) is 5.70 Å². The van der Waals surface area contributed by atoms with Crippen molar-refractivity contribution in [2.24, 2.45) is 0 Å². The fourth-order valence-corrected chi connectivity index (χ4v) is 4.83. The molecule has 3 aromatic rings. The highest BCUT2D eigenvalue weighted by atomic mass is 35.5. The highest BCUT2D eigenvalue weighted by Gasteiger charge is 2.40. The number of imide groups is 1. The van der Waals surface area contributed by atoms with Gasteiger partial charge in [0.2, 0.25) is 0 Å². The number of hydrogen-bond acceptors (Lipinski definition) is 5. The lowest BCUT2D eigenvalue weighted by atomic mass is 10.1. The van der Waals surface area contributed by atoms with Crippen molar-refractivity contribution >= 4 is 57.4 Å². The third-order valence-corrected chi connectivity index (χ3v) is 6.66. The minimum Gasteiger partial charge on any atom is -0.372 e. The first-order valence-electron chi connectivity index (χ1n) is 10.5. The molecule has 32 heavy (non-hydrogen) atoms. The largest absolute Gasteiger partial charge is 0.372 e. The molecule has 0 spiro atoms. The van der Waals surface area contributed by atoms with Gasteiger partial charge in [0.05, 0.1) is 11.3 Å². The van der Waals surface area contributed by atoms with Gasteiger partial charge in [-0.1, -0.05) is 17.7 Å². The third-order valence-electron chi connectivity index (χ3n) is 5.54. The Balaban J connectivity index is 1.73. The number of halogens is 1. The van der Waals surface area contributed by atoms with Crippen molar-refractivity contribution in [2.75, 3.05) is 28.2 Å². The van der Waals surface area contributed by atoms with E-state index < -0.39 is 0 Å². The summed E-state index contributed by atoms with van der Waals surface area (Å²) >= 11 is 7.51. The summed E-state index contributed by atoms with van der Waals surface area (Å²) in [5.74, 6) is -0.703. The van der Waals surface area contributed by atoms with Crippen LogP contribution in [-0.2, 0) is 9.59 Å². The van der Waals surface area contributed by atoms with Crippen LogP contribution in [0.5, 0.6) is 0 Å². The van der Waals surface area contributed by atoms with E-state index in [0.717, 1.165) is 34.9 Å². The first-order valence-corrected chi connectivity index (χ1v) is 11.8. The van der Waals surface area contributed by atoms with E-state index in [1.807, 2.05) is 60.8 Å². The maximum absolute atomic E-state index is 13.5. The predicted molar refractivity (Wildman–Crippen MR) is 134 cm³/mol. The van der Waals surface area contributed by atoms with Gasteiger partial charge < -0.3 is 10.2 Å². The van der Waals surface area contributed by atoms with Crippen molar-refractivity contribution in [3.63, 3.8) is 0 Å². The van der Waals surface area contributed by atoms with E-state index >= 15 is 0 Å². The Morgan fingerprint density at radius 3 is 2.31 bits per heavy atom. The normalized spacial score (nSPS) is 13.8. The molecule has 4 rings (SSSR count). The molecule has 0 radical (unpaired) electrons. The van der Waals surface area contributed by atoms with Gasteiger partial charge in [0.25, 0.3) is 11.8 Å². The number of anilines is 3. The Morgan fingerprint density at radius 2 is 1.72 bits per heavy atom. The van der Waals surface area contributed by atoms with Crippen LogP contribution >= 0.6 is 22.9 Å². The quantitative estimate of drug-likeness (QED) is 0.438. The molecule has 2 amide bonds. The second-order valence-electron chi connectivity index (χ2n) is 7.45. The summed E-state index contributed by atoms with van der Waals surface area (Å²) in [7, 11) is 0. The molecule has 0 saturated carbocycles. The van der Waals surface area contributed by atoms with Gasteiger partial charge in [-0.3, -0.25) is 9.59 Å². The summed E-state index contributed by atoms with van der Waals surface area (Å²) in [6.07, 6.45) is 0. The highest BCUT2D eigenvalue weighted by molar-refractivity contribution is 7.11. The summed E-state index contributed by atoms with van der Waals surface area (Å²) in [5.41, 5.74) is 3.88. The zero-order valence-electron chi connectivity index (χ0n) is 18.2. The average Bonchev–Trinajstić information content (AvgIpc) is 3.38. The van der Waals surface area contributed by atoms with Crippen molar-refractivity contribution in [1.29, 1.82) is 0 Å². The Hall–Kier alpha value is -3.09. The van der Waals surface area contributed by atoms with Crippen LogP contribution < -0.4 is 15.1 Å². The van der Waals surface area contributed by atoms with Gasteiger partial charge in [-0.05, 0) is 80.2 Å². The van der Waals surface area contributed by atoms with Gasteiger partial charge in [-0.2, -0.15) is 0 Å². The number of nitrogens with one attached hydrogen (secondary N) is 1. The molecule has 0 unspecified atom stereocenters. The zero-order chi connectivity index (χ0) is 22.8. The number of benzene rings is 2. The molecule has 2 aromatic carbocycles. The fourth-order valence-electron chi connectivity index (χ4n) is 3.83. The summed E-state index contributed by atoms with van der Waals surface area (Å²) < 4.78 is 0. The third kappa shape index (κ3) is 4.04. The van der Waals surface area contributed by atoms with Crippen LogP contribution in [-0.4, -0.2) is 24.9 Å². The van der Waals surface area contributed by atoms with E-state index in [9.17, 15) is 9.59 Å². The van der Waals surface area contributed by atoms with Crippen LogP contribution in [0.15, 0.2) is 65.7 Å². The SMILES string of the molecule is CCN(CC)c1ccc(N2C(=O)C(Nc3ccc(Cl)cc3C)=C(c3cccs3)C2=O)cc1. The lowest BCUT2D eigenvalue weighted by Gasteiger charge is -2.22. The standard InChI is InChI=1S/C25H24ClN3O2S/c1-4-28(5-2)18-9-11-19(12-10-18)29-24(30)22(21-7-6-14-32-21)23(25(29)31)27-20-13-8-17(26)15-16(20)3/h6-15,27H,4-5H2,1-3H3. The number of rotatable bonds is 7. The topological polar surface area (TPSA) is 52.6 Å². The molecule has 0 atom stereocenters. The molecule has 1 aliphatic rings. The van der Waals surface area contributed by atoms with Crippen LogP contribution in [0.3, 0.4) is 0 Å². The molecule has 0 aliphatic carbocycles. The molecule has 1 aromatic heterocycles. The van der Waals surface area contributed by atoms with Crippen molar-refractivity contribution in [1.82, 2.24) is 0 Å². The van der Waals surface area contributed by atoms with Crippen LogP contribution in [0.1, 0.15) is 24.3 Å². The van der Waals surface area contributed by atoms with Crippen LogP contribution in [0.2, 0.25) is 5.02 Å². The monoisotopic (exact) mass is 465 g/mol. The molecule has 0 saturated heterocycles. The van der Waals surface area contributed by atoms with E-state index in [2.05, 4.69) is 24.1 Å². The van der Waals surface area contributed by atoms with E-state index in [-0.39, 0.29) is 17.5 Å². The molecule has 1 N–H and O–H groups in total. The van der Waals surface area contributed by atoms with Gasteiger partial charge in [0, 0.05) is 34.4 Å². The Bertz CT molecular complexity index is 1180. The molecule has 0 fully saturated rings. The molecular formula is C25H24ClN3O2S. The minimum absolute atomic E-state index is 0.274. The van der Waals surface area contributed by atoms with Crippen molar-refractivity contribution in [3.05, 3.63) is 81.1 Å². The average molecular weight is 466 g/mol. The summed E-state index contributed by atoms with van der Waals surface area (Å²) in [4.78, 5) is 31.2. The van der Waals surface area contributed by atoms with Gasteiger partial charge in [-0.15, -0.1) is 11.3 Å². The smallest absolute Gasteiger partial charge is 0.282 e. The van der Waals surface area contributed by atoms with Gasteiger partial charge in [0.15, 0.2) is 0 Å². The van der Waals surface area contributed by atoms with Crippen molar-refractivity contribution < 1.29 is 9.59 Å². The molecule has 5 nitrogen and oxygen atoms in total. The second-order valence-corrected chi connectivity index (χ2v) is 8.83. The van der Waals surface area contributed by atoms with Gasteiger partial charge in [-0.25, -0.2) is 4.90 Å². The Labute approximate surface area is 196 Å². The lowest BCUT2D eigenvalue weighted by Crippen LogP contribution is -2.32. The van der Waals surface area contributed by atoms with Crippen molar-refractivity contribution in [2.45, 2.75) is 20.8 Å². The number of nitrogens with zero attached hydrogens (tertiary/aromatic N) is 2. The molecule has 2 heterocycles. The summed E-state index contributed by atoms with van der Waals surface area (Å²) in [6, 6.07) is 16.7.